The molecule has 2 heteroatoms. The molecule has 160 valence electrons. The topological polar surface area (TPSA) is 16.1 Å². The van der Waals surface area contributed by atoms with Crippen LogP contribution >= 0.6 is 0 Å². The van der Waals surface area contributed by atoms with E-state index in [1.54, 1.807) is 0 Å². The molecule has 0 amide bonds. The number of rotatable bonds is 16. The van der Waals surface area contributed by atoms with E-state index >= 15 is 0 Å². The van der Waals surface area contributed by atoms with Crippen LogP contribution in [0.3, 0.4) is 0 Å². The SMILES string of the molecule is CC(CCCCCCCCCCCCN(C)Cc1ccccc1)c1cccnc1. The van der Waals surface area contributed by atoms with E-state index in [0.717, 1.165) is 6.54 Å². The molecule has 1 atom stereocenters. The first-order chi connectivity index (χ1) is 14.3. The van der Waals surface area contributed by atoms with Crippen LogP contribution in [-0.2, 0) is 6.54 Å². The van der Waals surface area contributed by atoms with Crippen LogP contribution in [0.1, 0.15) is 94.6 Å². The van der Waals surface area contributed by atoms with Crippen LogP contribution in [0.4, 0.5) is 0 Å². The van der Waals surface area contributed by atoms with Crippen LogP contribution in [0.15, 0.2) is 54.9 Å². The van der Waals surface area contributed by atoms with Gasteiger partial charge in [-0.2, -0.15) is 0 Å². The minimum atomic E-state index is 0.649. The minimum Gasteiger partial charge on any atom is -0.302 e. The number of pyridine rings is 1. The summed E-state index contributed by atoms with van der Waals surface area (Å²) in [5.74, 6) is 0.649. The number of unbranched alkanes of at least 4 members (excludes halogenated alkanes) is 9. The summed E-state index contributed by atoms with van der Waals surface area (Å²) >= 11 is 0. The summed E-state index contributed by atoms with van der Waals surface area (Å²) < 4.78 is 0. The van der Waals surface area contributed by atoms with E-state index in [1.807, 2.05) is 12.4 Å². The molecule has 0 saturated heterocycles. The normalized spacial score (nSPS) is 12.4. The standard InChI is InChI=1S/C27H42N2/c1-25(27-20-16-21-28-23-27)17-12-9-7-5-3-4-6-8-10-15-22-29(2)24-26-18-13-11-14-19-26/h11,13-14,16,18-21,23,25H,3-10,12,15,17,22,24H2,1-2H3. The van der Waals surface area contributed by atoms with Gasteiger partial charge >= 0.3 is 0 Å². The van der Waals surface area contributed by atoms with Gasteiger partial charge in [0.2, 0.25) is 0 Å². The van der Waals surface area contributed by atoms with E-state index < -0.39 is 0 Å². The largest absolute Gasteiger partial charge is 0.302 e. The van der Waals surface area contributed by atoms with Crippen LogP contribution in [0.2, 0.25) is 0 Å². The van der Waals surface area contributed by atoms with E-state index in [1.165, 1.54) is 88.3 Å². The van der Waals surface area contributed by atoms with Crippen LogP contribution in [0.5, 0.6) is 0 Å². The Bertz CT molecular complexity index is 611. The number of hydrogen-bond acceptors (Lipinski definition) is 2. The van der Waals surface area contributed by atoms with Gasteiger partial charge in [-0.1, -0.05) is 101 Å². The summed E-state index contributed by atoms with van der Waals surface area (Å²) in [5.41, 5.74) is 2.81. The summed E-state index contributed by atoms with van der Waals surface area (Å²) in [6.45, 7) is 4.62. The van der Waals surface area contributed by atoms with Crippen molar-refractivity contribution < 1.29 is 0 Å². The lowest BCUT2D eigenvalue weighted by Gasteiger charge is -2.16. The summed E-state index contributed by atoms with van der Waals surface area (Å²) in [7, 11) is 2.24. The molecule has 0 radical (unpaired) electrons. The molecule has 2 rings (SSSR count). The zero-order valence-corrected chi connectivity index (χ0v) is 18.9. The van der Waals surface area contributed by atoms with E-state index in [0.29, 0.717) is 5.92 Å². The van der Waals surface area contributed by atoms with Gasteiger partial charge in [-0.15, -0.1) is 0 Å². The Morgan fingerprint density at radius 1 is 0.759 bits per heavy atom. The molecule has 1 unspecified atom stereocenters. The molecule has 0 aliphatic carbocycles. The number of aromatic nitrogens is 1. The molecule has 1 heterocycles. The Balaban J connectivity index is 1.34. The predicted octanol–water partition coefficient (Wildman–Crippen LogP) is 7.61. The smallest absolute Gasteiger partial charge is 0.0302 e. The highest BCUT2D eigenvalue weighted by Crippen LogP contribution is 2.21. The van der Waals surface area contributed by atoms with Crippen molar-refractivity contribution in [1.82, 2.24) is 9.88 Å². The van der Waals surface area contributed by atoms with Crippen molar-refractivity contribution in [3.8, 4) is 0 Å². The molecule has 0 spiro atoms. The second kappa shape index (κ2) is 15.2. The zero-order valence-electron chi connectivity index (χ0n) is 18.9. The third kappa shape index (κ3) is 11.2. The van der Waals surface area contributed by atoms with Gasteiger partial charge in [0.1, 0.15) is 0 Å². The lowest BCUT2D eigenvalue weighted by atomic mass is 9.96. The molecular formula is C27H42N2. The van der Waals surface area contributed by atoms with E-state index in [4.69, 9.17) is 0 Å². The van der Waals surface area contributed by atoms with E-state index in [2.05, 4.69) is 66.3 Å². The van der Waals surface area contributed by atoms with Crippen molar-refractivity contribution in [3.63, 3.8) is 0 Å². The maximum absolute atomic E-state index is 4.23. The summed E-state index contributed by atoms with van der Waals surface area (Å²) in [4.78, 5) is 6.68. The van der Waals surface area contributed by atoms with E-state index in [9.17, 15) is 0 Å². The molecule has 0 fully saturated rings. The van der Waals surface area contributed by atoms with Crippen molar-refractivity contribution in [2.45, 2.75) is 90.0 Å². The molecule has 2 nitrogen and oxygen atoms in total. The molecule has 0 aliphatic heterocycles. The Morgan fingerprint density at radius 2 is 1.38 bits per heavy atom. The van der Waals surface area contributed by atoms with Crippen molar-refractivity contribution in [2.24, 2.45) is 0 Å². The first-order valence-electron chi connectivity index (χ1n) is 11.9. The zero-order chi connectivity index (χ0) is 20.6. The molecule has 29 heavy (non-hydrogen) atoms. The molecule has 0 bridgehead atoms. The lowest BCUT2D eigenvalue weighted by molar-refractivity contribution is 0.316. The second-order valence-corrected chi connectivity index (χ2v) is 8.73. The molecule has 0 aliphatic rings. The third-order valence-corrected chi connectivity index (χ3v) is 5.98. The molecule has 1 aromatic heterocycles. The van der Waals surface area contributed by atoms with Gasteiger partial charge in [0.05, 0.1) is 0 Å². The van der Waals surface area contributed by atoms with E-state index in [-0.39, 0.29) is 0 Å². The summed E-state index contributed by atoms with van der Waals surface area (Å²) in [6, 6.07) is 15.1. The lowest BCUT2D eigenvalue weighted by Crippen LogP contribution is -2.18. The Labute approximate surface area is 179 Å². The Morgan fingerprint density at radius 3 is 2.00 bits per heavy atom. The molecule has 0 saturated carbocycles. The van der Waals surface area contributed by atoms with Crippen LogP contribution in [0, 0.1) is 0 Å². The Hall–Kier alpha value is -1.67. The van der Waals surface area contributed by atoms with Gasteiger partial charge in [-0.3, -0.25) is 4.98 Å². The molecule has 2 aromatic rings. The highest BCUT2D eigenvalue weighted by Gasteiger charge is 2.04. The fraction of sp³-hybridized carbons (Fsp3) is 0.593. The van der Waals surface area contributed by atoms with Gasteiger partial charge in [-0.25, -0.2) is 0 Å². The molecular weight excluding hydrogens is 352 g/mol. The summed E-state index contributed by atoms with van der Waals surface area (Å²) in [5, 5.41) is 0. The average molecular weight is 395 g/mol. The van der Waals surface area contributed by atoms with Gasteiger partial charge in [0, 0.05) is 18.9 Å². The maximum Gasteiger partial charge on any atom is 0.0302 e. The number of nitrogens with zero attached hydrogens (tertiary/aromatic N) is 2. The first-order valence-corrected chi connectivity index (χ1v) is 11.9. The van der Waals surface area contributed by atoms with Gasteiger partial charge in [-0.05, 0) is 49.5 Å². The number of benzene rings is 1. The minimum absolute atomic E-state index is 0.649. The molecule has 0 N–H and O–H groups in total. The van der Waals surface area contributed by atoms with Gasteiger partial charge in [0.15, 0.2) is 0 Å². The van der Waals surface area contributed by atoms with Crippen molar-refractivity contribution >= 4 is 0 Å². The monoisotopic (exact) mass is 394 g/mol. The fourth-order valence-corrected chi connectivity index (χ4v) is 4.05. The van der Waals surface area contributed by atoms with Crippen molar-refractivity contribution in [3.05, 3.63) is 66.0 Å². The second-order valence-electron chi connectivity index (χ2n) is 8.73. The van der Waals surface area contributed by atoms with Crippen LogP contribution < -0.4 is 0 Å². The van der Waals surface area contributed by atoms with Crippen molar-refractivity contribution in [2.75, 3.05) is 13.6 Å². The predicted molar refractivity (Wildman–Crippen MR) is 126 cm³/mol. The molecule has 1 aromatic carbocycles. The third-order valence-electron chi connectivity index (χ3n) is 5.98. The van der Waals surface area contributed by atoms with Crippen LogP contribution in [0.25, 0.3) is 0 Å². The average Bonchev–Trinajstić information content (AvgIpc) is 2.75. The number of hydrogen-bond donors (Lipinski definition) is 0. The van der Waals surface area contributed by atoms with Crippen LogP contribution in [-0.4, -0.2) is 23.5 Å². The fourth-order valence-electron chi connectivity index (χ4n) is 4.05. The Kier molecular flexibility index (Phi) is 12.4. The quantitative estimate of drug-likeness (QED) is 0.272. The highest BCUT2D eigenvalue weighted by atomic mass is 15.1. The van der Waals surface area contributed by atoms with Gasteiger partial charge in [0.25, 0.3) is 0 Å². The highest BCUT2D eigenvalue weighted by molar-refractivity contribution is 5.14. The van der Waals surface area contributed by atoms with Crippen molar-refractivity contribution in [1.29, 1.82) is 0 Å². The maximum atomic E-state index is 4.23. The summed E-state index contributed by atoms with van der Waals surface area (Å²) in [6.07, 6.45) is 19.1. The van der Waals surface area contributed by atoms with Gasteiger partial charge < -0.3 is 4.90 Å². The first kappa shape index (κ1) is 23.6.